The van der Waals surface area contributed by atoms with E-state index in [0.29, 0.717) is 6.54 Å². The Morgan fingerprint density at radius 3 is 2.08 bits per heavy atom. The molecule has 0 aliphatic carbocycles. The van der Waals surface area contributed by atoms with Gasteiger partial charge in [0, 0.05) is 29.8 Å². The van der Waals surface area contributed by atoms with Crippen LogP contribution >= 0.6 is 0 Å². The highest BCUT2D eigenvalue weighted by atomic mass is 28.4. The van der Waals surface area contributed by atoms with Gasteiger partial charge in [-0.15, -0.1) is 0 Å². The predicted octanol–water partition coefficient (Wildman–Crippen LogP) is 1.49. The van der Waals surface area contributed by atoms with Crippen LogP contribution in [0.15, 0.2) is 48.8 Å². The molecule has 0 spiro atoms. The van der Waals surface area contributed by atoms with E-state index >= 15 is 0 Å². The molecule has 0 saturated heterocycles. The zero-order valence-corrected chi connectivity index (χ0v) is 15.8. The Morgan fingerprint density at radius 1 is 0.920 bits per heavy atom. The highest BCUT2D eigenvalue weighted by Crippen LogP contribution is 2.29. The minimum atomic E-state index is -4.21. The SMILES string of the molecule is Cc1cc(C)c(N2C=CN(Cc3ccc([Si](O)(O)O)cc3)C2)c(C)c1. The van der Waals surface area contributed by atoms with Gasteiger partial charge >= 0.3 is 8.80 Å². The molecule has 0 radical (unpaired) electrons. The topological polar surface area (TPSA) is 67.2 Å². The third-order valence-electron chi connectivity index (χ3n) is 4.44. The number of hydrogen-bond acceptors (Lipinski definition) is 5. The van der Waals surface area contributed by atoms with E-state index in [4.69, 9.17) is 0 Å². The summed E-state index contributed by atoms with van der Waals surface area (Å²) in [7, 11) is -4.21. The monoisotopic (exact) mass is 356 g/mol. The zero-order chi connectivity index (χ0) is 18.2. The summed E-state index contributed by atoms with van der Waals surface area (Å²) in [6, 6.07) is 11.2. The Hall–Kier alpha value is -2.12. The van der Waals surface area contributed by atoms with Gasteiger partial charge in [-0.2, -0.15) is 0 Å². The smallest absolute Gasteiger partial charge is 0.386 e. The van der Waals surface area contributed by atoms with Crippen LogP contribution in [0.1, 0.15) is 22.3 Å². The van der Waals surface area contributed by atoms with E-state index < -0.39 is 8.80 Å². The third-order valence-corrected chi connectivity index (χ3v) is 5.55. The van der Waals surface area contributed by atoms with Gasteiger partial charge in [0.1, 0.15) is 0 Å². The Kier molecular flexibility index (Phi) is 4.70. The summed E-state index contributed by atoms with van der Waals surface area (Å²) in [6.45, 7) is 7.88. The van der Waals surface area contributed by atoms with Crippen LogP contribution in [0, 0.1) is 20.8 Å². The second kappa shape index (κ2) is 6.65. The van der Waals surface area contributed by atoms with Gasteiger partial charge in [-0.05, 0) is 37.5 Å². The summed E-state index contributed by atoms with van der Waals surface area (Å²) in [5, 5.41) is 0.195. The van der Waals surface area contributed by atoms with E-state index in [0.717, 1.165) is 12.2 Å². The molecule has 0 fully saturated rings. The zero-order valence-electron chi connectivity index (χ0n) is 14.8. The molecular formula is C19H24N2O3Si. The van der Waals surface area contributed by atoms with Gasteiger partial charge in [-0.1, -0.05) is 42.0 Å². The first-order valence-electron chi connectivity index (χ1n) is 8.27. The molecule has 6 heteroatoms. The minimum Gasteiger partial charge on any atom is -0.386 e. The maximum Gasteiger partial charge on any atom is 0.528 e. The number of nitrogens with zero attached hydrogens (tertiary/aromatic N) is 2. The first kappa shape index (κ1) is 17.7. The molecule has 1 aliphatic rings. The molecule has 3 rings (SSSR count). The van der Waals surface area contributed by atoms with Crippen molar-refractivity contribution in [1.29, 1.82) is 0 Å². The highest BCUT2D eigenvalue weighted by Gasteiger charge is 2.29. The van der Waals surface area contributed by atoms with Crippen LogP contribution in [0.2, 0.25) is 0 Å². The van der Waals surface area contributed by atoms with Crippen LogP contribution in [0.25, 0.3) is 0 Å². The van der Waals surface area contributed by atoms with E-state index in [-0.39, 0.29) is 5.19 Å². The molecule has 0 atom stereocenters. The van der Waals surface area contributed by atoms with E-state index in [2.05, 4.69) is 55.1 Å². The lowest BCUT2D eigenvalue weighted by molar-refractivity contribution is 0.249. The predicted molar refractivity (Wildman–Crippen MR) is 101 cm³/mol. The third kappa shape index (κ3) is 3.93. The van der Waals surface area contributed by atoms with Crippen molar-refractivity contribution in [3.05, 3.63) is 71.1 Å². The van der Waals surface area contributed by atoms with Crippen molar-refractivity contribution >= 4 is 19.7 Å². The molecule has 1 heterocycles. The number of aryl methyl sites for hydroxylation is 3. The van der Waals surface area contributed by atoms with E-state index in [1.807, 2.05) is 12.1 Å². The average molecular weight is 356 g/mol. The second-order valence-corrected chi connectivity index (χ2v) is 8.58. The van der Waals surface area contributed by atoms with E-state index in [1.54, 1.807) is 12.1 Å². The Balaban J connectivity index is 1.69. The first-order valence-corrected chi connectivity index (χ1v) is 10.1. The molecule has 132 valence electrons. The molecule has 1 aliphatic heterocycles. The van der Waals surface area contributed by atoms with E-state index in [9.17, 15) is 14.4 Å². The number of rotatable bonds is 4. The van der Waals surface area contributed by atoms with Gasteiger partial charge in [-0.25, -0.2) is 0 Å². The van der Waals surface area contributed by atoms with Crippen LogP contribution < -0.4 is 10.1 Å². The standard InChI is InChI=1S/C19H24N2O3Si/c1-14-10-15(2)19(16(3)11-14)21-9-8-20(13-21)12-17-4-6-18(7-5-17)25(22,23)24/h4-11,22-24H,12-13H2,1-3H3. The Morgan fingerprint density at radius 2 is 1.52 bits per heavy atom. The van der Waals surface area contributed by atoms with Gasteiger partial charge in [-0.3, -0.25) is 0 Å². The Bertz CT molecular complexity index is 774. The van der Waals surface area contributed by atoms with Gasteiger partial charge < -0.3 is 24.2 Å². The van der Waals surface area contributed by atoms with Crippen LogP contribution in [0.3, 0.4) is 0 Å². The summed E-state index contributed by atoms with van der Waals surface area (Å²) < 4.78 is 0. The lowest BCUT2D eigenvalue weighted by atomic mass is 10.0. The maximum atomic E-state index is 9.32. The molecule has 0 unspecified atom stereocenters. The summed E-state index contributed by atoms with van der Waals surface area (Å²) >= 11 is 0. The summed E-state index contributed by atoms with van der Waals surface area (Å²) in [6.07, 6.45) is 4.15. The molecule has 2 aromatic rings. The Labute approximate surface area is 149 Å². The van der Waals surface area contributed by atoms with Crippen molar-refractivity contribution in [2.24, 2.45) is 0 Å². The highest BCUT2D eigenvalue weighted by molar-refractivity contribution is 6.71. The fourth-order valence-electron chi connectivity index (χ4n) is 3.41. The van der Waals surface area contributed by atoms with Crippen molar-refractivity contribution in [2.45, 2.75) is 27.3 Å². The summed E-state index contributed by atoms with van der Waals surface area (Å²) in [5.74, 6) is 0. The fourth-order valence-corrected chi connectivity index (χ4v) is 4.02. The molecule has 3 N–H and O–H groups in total. The van der Waals surface area contributed by atoms with Crippen molar-refractivity contribution in [3.8, 4) is 0 Å². The lowest BCUT2D eigenvalue weighted by Crippen LogP contribution is -2.48. The lowest BCUT2D eigenvalue weighted by Gasteiger charge is -2.25. The maximum absolute atomic E-state index is 9.32. The minimum absolute atomic E-state index is 0.195. The summed E-state index contributed by atoms with van der Waals surface area (Å²) in [5.41, 5.74) is 6.10. The molecule has 0 saturated carbocycles. The molecule has 5 nitrogen and oxygen atoms in total. The van der Waals surface area contributed by atoms with Crippen molar-refractivity contribution in [1.82, 2.24) is 4.90 Å². The molecule has 0 amide bonds. The van der Waals surface area contributed by atoms with Crippen LogP contribution in [0.4, 0.5) is 5.69 Å². The molecule has 2 aromatic carbocycles. The molecule has 25 heavy (non-hydrogen) atoms. The number of anilines is 1. The fraction of sp³-hybridized carbons (Fsp3) is 0.263. The van der Waals surface area contributed by atoms with Crippen LogP contribution in [0.5, 0.6) is 0 Å². The van der Waals surface area contributed by atoms with Gasteiger partial charge in [0.2, 0.25) is 0 Å². The molecular weight excluding hydrogens is 332 g/mol. The van der Waals surface area contributed by atoms with Crippen molar-refractivity contribution < 1.29 is 14.4 Å². The van der Waals surface area contributed by atoms with Crippen LogP contribution in [-0.4, -0.2) is 34.8 Å². The van der Waals surface area contributed by atoms with E-state index in [1.165, 1.54) is 22.4 Å². The first-order chi connectivity index (χ1) is 11.7. The largest absolute Gasteiger partial charge is 0.528 e. The number of hydrogen-bond donors (Lipinski definition) is 3. The molecule has 0 aromatic heterocycles. The van der Waals surface area contributed by atoms with Gasteiger partial charge in [0.15, 0.2) is 0 Å². The van der Waals surface area contributed by atoms with Gasteiger partial charge in [0.25, 0.3) is 0 Å². The van der Waals surface area contributed by atoms with Gasteiger partial charge in [0.05, 0.1) is 6.67 Å². The average Bonchev–Trinajstić information content (AvgIpc) is 2.94. The molecule has 0 bridgehead atoms. The van der Waals surface area contributed by atoms with Crippen molar-refractivity contribution in [2.75, 3.05) is 11.6 Å². The van der Waals surface area contributed by atoms with Crippen LogP contribution in [-0.2, 0) is 6.54 Å². The number of benzene rings is 2. The normalized spacial score (nSPS) is 14.5. The quantitative estimate of drug-likeness (QED) is 0.724. The van der Waals surface area contributed by atoms with Crippen molar-refractivity contribution in [3.63, 3.8) is 0 Å². The second-order valence-electron chi connectivity index (χ2n) is 6.74. The summed E-state index contributed by atoms with van der Waals surface area (Å²) in [4.78, 5) is 32.4.